The smallest absolute Gasteiger partial charge is 0.307 e. The van der Waals surface area contributed by atoms with Gasteiger partial charge in [0.05, 0.1) is 36.9 Å². The van der Waals surface area contributed by atoms with Crippen LogP contribution in [0.3, 0.4) is 0 Å². The van der Waals surface area contributed by atoms with Crippen molar-refractivity contribution >= 4 is 61.4 Å². The summed E-state index contributed by atoms with van der Waals surface area (Å²) in [6.45, 7) is 1.95. The monoisotopic (exact) mass is 875 g/mol. The minimum Gasteiger partial charge on any atom is -0.493 e. The number of hydrogen-bond acceptors (Lipinski definition) is 11. The lowest BCUT2D eigenvalue weighted by Gasteiger charge is -2.21. The van der Waals surface area contributed by atoms with E-state index in [1.807, 2.05) is 36.4 Å². The summed E-state index contributed by atoms with van der Waals surface area (Å²) in [7, 11) is 3.11. The van der Waals surface area contributed by atoms with Gasteiger partial charge in [0.25, 0.3) is 17.4 Å². The second-order valence-corrected chi connectivity index (χ2v) is 16.0. The zero-order valence-electron chi connectivity index (χ0n) is 34.7. The van der Waals surface area contributed by atoms with Gasteiger partial charge in [-0.25, -0.2) is 13.9 Å². The normalized spacial score (nSPS) is 12.6. The van der Waals surface area contributed by atoms with Gasteiger partial charge in [0, 0.05) is 75.3 Å². The maximum atomic E-state index is 15.4. The van der Waals surface area contributed by atoms with E-state index in [4.69, 9.17) is 19.9 Å². The fourth-order valence-electron chi connectivity index (χ4n) is 7.84. The number of amides is 2. The van der Waals surface area contributed by atoms with Crippen LogP contribution < -0.4 is 26.1 Å². The first-order valence-electron chi connectivity index (χ1n) is 20.1. The number of nitrogens with two attached hydrogens (primary N) is 1. The predicted molar refractivity (Wildman–Crippen MR) is 239 cm³/mol. The molecule has 16 heteroatoms. The van der Waals surface area contributed by atoms with Crippen LogP contribution in [0.4, 0.5) is 10.2 Å². The predicted octanol–water partition coefficient (Wildman–Crippen LogP) is 6.97. The summed E-state index contributed by atoms with van der Waals surface area (Å²) >= 11 is 1.37. The highest BCUT2D eigenvalue weighted by molar-refractivity contribution is 7.21. The highest BCUT2D eigenvalue weighted by Crippen LogP contribution is 2.42. The van der Waals surface area contributed by atoms with Gasteiger partial charge < -0.3 is 30.2 Å². The van der Waals surface area contributed by atoms with E-state index < -0.39 is 23.7 Å². The molecule has 0 aliphatic carbocycles. The lowest BCUT2D eigenvalue weighted by atomic mass is 10.0. The number of para-hydroxylation sites is 1. The summed E-state index contributed by atoms with van der Waals surface area (Å²) in [6.07, 6.45) is 3.12. The number of nitrogens with zero attached hydrogens (tertiary/aromatic N) is 5. The van der Waals surface area contributed by atoms with Crippen LogP contribution in [0.2, 0.25) is 0 Å². The SMILES string of the molecule is COc1cc2sc3c(c2cc1OC)CN(CCC(=O)OCc1ccc(C#Cc2cccc4cc([C@H](C)NC(=O)c5c(N)nn6cccnc56)n(-c5ccccc5)c(=O)c24)cc1F)C3=O. The molecule has 0 unspecified atom stereocenters. The van der Waals surface area contributed by atoms with E-state index in [9.17, 15) is 19.2 Å². The molecule has 64 heavy (non-hydrogen) atoms. The Balaban J connectivity index is 0.894. The van der Waals surface area contributed by atoms with E-state index in [0.29, 0.717) is 61.8 Å². The molecule has 1 atom stereocenters. The summed E-state index contributed by atoms with van der Waals surface area (Å²) in [5, 5.41) is 8.98. The number of esters is 1. The molecule has 3 N–H and O–H groups in total. The summed E-state index contributed by atoms with van der Waals surface area (Å²) in [6, 6.07) is 25.2. The molecular formula is C48H38FN7O7S. The molecule has 0 spiro atoms. The number of benzene rings is 4. The molecule has 14 nitrogen and oxygen atoms in total. The number of pyridine rings is 1. The number of nitrogens with one attached hydrogen (secondary N) is 1. The summed E-state index contributed by atoms with van der Waals surface area (Å²) < 4.78 is 35.5. The molecule has 4 aromatic carbocycles. The fourth-order valence-corrected chi connectivity index (χ4v) is 9.03. The van der Waals surface area contributed by atoms with Gasteiger partial charge in [-0.1, -0.05) is 48.2 Å². The highest BCUT2D eigenvalue weighted by Gasteiger charge is 2.32. The fraction of sp³-hybridized carbons (Fsp3) is 0.167. The number of rotatable bonds is 11. The first kappa shape index (κ1) is 41.3. The van der Waals surface area contributed by atoms with Crippen molar-refractivity contribution < 1.29 is 33.0 Å². The summed E-state index contributed by atoms with van der Waals surface area (Å²) in [4.78, 5) is 60.6. The molecule has 320 valence electrons. The van der Waals surface area contributed by atoms with E-state index >= 15 is 4.39 Å². The number of aromatic nitrogens is 4. The Morgan fingerprint density at radius 1 is 0.969 bits per heavy atom. The average molecular weight is 876 g/mol. The first-order valence-corrected chi connectivity index (χ1v) is 20.9. The molecule has 1 aliphatic rings. The summed E-state index contributed by atoms with van der Waals surface area (Å²) in [5.74, 6) is 5.33. The van der Waals surface area contributed by atoms with Gasteiger partial charge in [-0.15, -0.1) is 16.4 Å². The molecule has 4 aromatic heterocycles. The standard InChI is InChI=1S/C48H38FN7O7S/c1-27(52-46(58)42-44(50)53-55-19-8-18-51-45(42)55)36-22-30-10-7-9-29(41(30)47(59)56(36)32-11-5-4-6-12-32)15-13-28-14-16-31(35(49)21-28)26-63-40(57)17-20-54-25-34-33-23-37(61-2)38(62-3)24-39(33)64-43(34)48(54)60/h4-12,14,16,18-19,21-24,27H,17,20,25-26H2,1-3H3,(H2,50,53)(H,52,58)/t27-/m0/s1. The van der Waals surface area contributed by atoms with E-state index in [-0.39, 0.29) is 48.0 Å². The lowest BCUT2D eigenvalue weighted by molar-refractivity contribution is -0.145. The number of methoxy groups -OCH3 is 2. The number of hydrogen-bond donors (Lipinski definition) is 2. The third kappa shape index (κ3) is 7.62. The first-order chi connectivity index (χ1) is 31.0. The van der Waals surface area contributed by atoms with Crippen LogP contribution in [0.15, 0.2) is 108 Å². The van der Waals surface area contributed by atoms with Crippen molar-refractivity contribution in [2.75, 3.05) is 26.5 Å². The van der Waals surface area contributed by atoms with Crippen molar-refractivity contribution in [1.29, 1.82) is 0 Å². The molecule has 2 amide bonds. The maximum absolute atomic E-state index is 15.4. The molecule has 9 rings (SSSR count). The van der Waals surface area contributed by atoms with Crippen molar-refractivity contribution in [3.63, 3.8) is 0 Å². The molecule has 0 radical (unpaired) electrons. The number of halogens is 1. The Hall–Kier alpha value is -8.03. The van der Waals surface area contributed by atoms with Gasteiger partial charge in [-0.2, -0.15) is 0 Å². The van der Waals surface area contributed by atoms with E-state index in [0.717, 1.165) is 15.6 Å². The van der Waals surface area contributed by atoms with Gasteiger partial charge in [0.15, 0.2) is 23.0 Å². The minimum absolute atomic E-state index is 0.0174. The molecule has 0 bridgehead atoms. The van der Waals surface area contributed by atoms with Gasteiger partial charge in [-0.3, -0.25) is 23.7 Å². The Bertz CT molecular complexity index is 3320. The Morgan fingerprint density at radius 2 is 1.77 bits per heavy atom. The van der Waals surface area contributed by atoms with Gasteiger partial charge in [0.1, 0.15) is 18.0 Å². The number of carbonyl (C=O) groups excluding carboxylic acids is 3. The quantitative estimate of drug-likeness (QED) is 0.102. The molecular weight excluding hydrogens is 838 g/mol. The molecule has 8 aromatic rings. The van der Waals surface area contributed by atoms with Gasteiger partial charge >= 0.3 is 5.97 Å². The number of ether oxygens (including phenoxy) is 3. The molecule has 0 saturated heterocycles. The van der Waals surface area contributed by atoms with Crippen molar-refractivity contribution in [2.24, 2.45) is 0 Å². The third-order valence-electron chi connectivity index (χ3n) is 11.0. The zero-order valence-corrected chi connectivity index (χ0v) is 35.5. The molecule has 1 aliphatic heterocycles. The van der Waals surface area contributed by atoms with Gasteiger partial charge in [0.2, 0.25) is 0 Å². The molecule has 5 heterocycles. The zero-order chi connectivity index (χ0) is 44.6. The van der Waals surface area contributed by atoms with E-state index in [1.54, 1.807) is 80.9 Å². The van der Waals surface area contributed by atoms with Crippen molar-refractivity contribution in [3.05, 3.63) is 158 Å². The van der Waals surface area contributed by atoms with Crippen molar-refractivity contribution in [1.82, 2.24) is 29.4 Å². The van der Waals surface area contributed by atoms with Crippen LogP contribution >= 0.6 is 11.3 Å². The number of nitrogen functional groups attached to an aromatic ring is 1. The van der Waals surface area contributed by atoms with Gasteiger partial charge in [-0.05, 0) is 60.8 Å². The third-order valence-corrected chi connectivity index (χ3v) is 12.2. The number of carbonyl (C=O) groups is 3. The van der Waals surface area contributed by atoms with Crippen molar-refractivity contribution in [3.8, 4) is 29.0 Å². The molecule has 0 saturated carbocycles. The van der Waals surface area contributed by atoms with Crippen LogP contribution in [-0.4, -0.2) is 62.6 Å². The second kappa shape index (κ2) is 17.0. The van der Waals surface area contributed by atoms with Crippen LogP contribution in [0.25, 0.3) is 32.2 Å². The topological polar surface area (TPSA) is 172 Å². The molecule has 0 fully saturated rings. The Kier molecular flexibility index (Phi) is 11.0. The Morgan fingerprint density at radius 3 is 2.55 bits per heavy atom. The largest absolute Gasteiger partial charge is 0.493 e. The highest BCUT2D eigenvalue weighted by atomic mass is 32.1. The van der Waals surface area contributed by atoms with Crippen LogP contribution in [0, 0.1) is 17.7 Å². The summed E-state index contributed by atoms with van der Waals surface area (Å²) in [5.41, 5.74) is 9.02. The second-order valence-electron chi connectivity index (χ2n) is 15.0. The van der Waals surface area contributed by atoms with Crippen LogP contribution in [-0.2, 0) is 22.7 Å². The van der Waals surface area contributed by atoms with E-state index in [2.05, 4.69) is 27.2 Å². The minimum atomic E-state index is -0.681. The number of fused-ring (bicyclic) bond motifs is 5. The van der Waals surface area contributed by atoms with Crippen LogP contribution in [0.1, 0.15) is 67.4 Å². The van der Waals surface area contributed by atoms with E-state index in [1.165, 1.54) is 32.6 Å². The Labute approximate surface area is 368 Å². The average Bonchev–Trinajstić information content (AvgIpc) is 3.94. The maximum Gasteiger partial charge on any atom is 0.307 e. The lowest BCUT2D eigenvalue weighted by Crippen LogP contribution is -2.32. The van der Waals surface area contributed by atoms with Crippen LogP contribution in [0.5, 0.6) is 11.5 Å². The van der Waals surface area contributed by atoms with Crippen molar-refractivity contribution in [2.45, 2.75) is 32.5 Å². The number of thiophene rings is 1. The number of anilines is 1.